The van der Waals surface area contributed by atoms with Crippen molar-refractivity contribution in [3.05, 3.63) is 46.8 Å². The molecule has 0 spiro atoms. The Morgan fingerprint density at radius 3 is 1.80 bits per heavy atom. The van der Waals surface area contributed by atoms with E-state index in [-0.39, 0.29) is 0 Å². The Kier molecular flexibility index (Phi) is 3.12. The predicted molar refractivity (Wildman–Crippen MR) is 52.8 cm³/mol. The van der Waals surface area contributed by atoms with Gasteiger partial charge in [-0.05, 0) is 0 Å². The first kappa shape index (κ1) is 13.5. The lowest BCUT2D eigenvalue weighted by atomic mass is 10.2. The van der Waals surface area contributed by atoms with Gasteiger partial charge in [0.05, 0.1) is 0 Å². The molecular weight excluding hydrogens is 283 g/mol. The lowest BCUT2D eigenvalue weighted by Crippen LogP contribution is -2.10. The molecule has 4 nitrogen and oxygen atoms in total. The van der Waals surface area contributed by atoms with Crippen LogP contribution >= 0.6 is 0 Å². The van der Waals surface area contributed by atoms with Crippen molar-refractivity contribution in [2.75, 3.05) is 0 Å². The minimum Gasteiger partial charge on any atom is -0.283 e. The molecule has 1 aromatic heterocycles. The van der Waals surface area contributed by atoms with E-state index in [1.807, 2.05) is 0 Å². The van der Waals surface area contributed by atoms with Gasteiger partial charge in [-0.3, -0.25) is 4.57 Å². The molecule has 2 aromatic rings. The highest BCUT2D eigenvalue weighted by atomic mass is 19.2. The van der Waals surface area contributed by atoms with E-state index in [1.54, 1.807) is 0 Å². The van der Waals surface area contributed by atoms with Crippen LogP contribution in [0.4, 0.5) is 22.0 Å². The zero-order valence-electron chi connectivity index (χ0n) is 9.26. The molecule has 0 aliphatic carbocycles. The fourth-order valence-corrected chi connectivity index (χ4v) is 1.51. The standard InChI is InChI=1S/C11HF5N4/c12-6-7(13)9(15)11(10(16)8(6)14)20-3-19-4(1-17)5(20)2-18/h3H. The van der Waals surface area contributed by atoms with Crippen molar-refractivity contribution in [3.63, 3.8) is 0 Å². The van der Waals surface area contributed by atoms with Crippen molar-refractivity contribution in [1.29, 1.82) is 10.5 Å². The normalized spacial score (nSPS) is 10.2. The molecule has 1 heterocycles. The van der Waals surface area contributed by atoms with Gasteiger partial charge in [-0.25, -0.2) is 26.9 Å². The average Bonchev–Trinajstić information content (AvgIpc) is 2.86. The van der Waals surface area contributed by atoms with Crippen molar-refractivity contribution in [2.24, 2.45) is 0 Å². The molecule has 0 N–H and O–H groups in total. The van der Waals surface area contributed by atoms with Gasteiger partial charge in [-0.2, -0.15) is 10.5 Å². The molecule has 0 radical (unpaired) electrons. The molecule has 20 heavy (non-hydrogen) atoms. The second kappa shape index (κ2) is 4.63. The van der Waals surface area contributed by atoms with E-state index >= 15 is 0 Å². The Labute approximate surface area is 107 Å². The monoisotopic (exact) mass is 284 g/mol. The molecule has 2 rings (SSSR count). The summed E-state index contributed by atoms with van der Waals surface area (Å²) < 4.78 is 66.5. The largest absolute Gasteiger partial charge is 0.283 e. The Hall–Kier alpha value is -2.94. The molecule has 0 bridgehead atoms. The zero-order chi connectivity index (χ0) is 15.0. The molecule has 0 saturated heterocycles. The molecule has 9 heteroatoms. The fourth-order valence-electron chi connectivity index (χ4n) is 1.51. The van der Waals surface area contributed by atoms with Gasteiger partial charge >= 0.3 is 0 Å². The SMILES string of the molecule is N#Cc1ncn(-c2c(F)c(F)c(F)c(F)c2F)c1C#N. The predicted octanol–water partition coefficient (Wildman–Crippen LogP) is 2.31. The van der Waals surface area contributed by atoms with Gasteiger partial charge in [-0.15, -0.1) is 0 Å². The Balaban J connectivity index is 2.89. The van der Waals surface area contributed by atoms with Crippen LogP contribution in [0.15, 0.2) is 6.33 Å². The van der Waals surface area contributed by atoms with Gasteiger partial charge in [0.2, 0.25) is 5.82 Å². The molecule has 0 unspecified atom stereocenters. The zero-order valence-corrected chi connectivity index (χ0v) is 9.26. The van der Waals surface area contributed by atoms with E-state index in [0.717, 1.165) is 0 Å². The quantitative estimate of drug-likeness (QED) is 0.458. The summed E-state index contributed by atoms with van der Waals surface area (Å²) in [7, 11) is 0. The van der Waals surface area contributed by atoms with Crippen molar-refractivity contribution in [1.82, 2.24) is 9.55 Å². The maximum Gasteiger partial charge on any atom is 0.200 e. The molecule has 1 aromatic carbocycles. The van der Waals surface area contributed by atoms with E-state index in [9.17, 15) is 22.0 Å². The highest BCUT2D eigenvalue weighted by Gasteiger charge is 2.28. The first-order valence-corrected chi connectivity index (χ1v) is 4.83. The molecule has 0 aliphatic rings. The van der Waals surface area contributed by atoms with E-state index in [4.69, 9.17) is 10.5 Å². The van der Waals surface area contributed by atoms with Crippen LogP contribution in [0.2, 0.25) is 0 Å². The maximum absolute atomic E-state index is 13.6. The van der Waals surface area contributed by atoms with E-state index < -0.39 is 46.2 Å². The number of hydrogen-bond donors (Lipinski definition) is 0. The van der Waals surface area contributed by atoms with Crippen LogP contribution in [0.25, 0.3) is 5.69 Å². The summed E-state index contributed by atoms with van der Waals surface area (Å²) in [5, 5.41) is 17.4. The first-order chi connectivity index (χ1) is 9.43. The van der Waals surface area contributed by atoms with Gasteiger partial charge < -0.3 is 0 Å². The number of nitriles is 2. The number of nitrogens with zero attached hydrogens (tertiary/aromatic N) is 4. The average molecular weight is 284 g/mol. The van der Waals surface area contributed by atoms with Crippen molar-refractivity contribution in [3.8, 4) is 17.8 Å². The Morgan fingerprint density at radius 1 is 0.850 bits per heavy atom. The van der Waals surface area contributed by atoms with Crippen LogP contribution in [0, 0.1) is 51.7 Å². The number of hydrogen-bond acceptors (Lipinski definition) is 3. The summed E-state index contributed by atoms with van der Waals surface area (Å²) in [6.45, 7) is 0. The van der Waals surface area contributed by atoms with Crippen LogP contribution in [-0.2, 0) is 0 Å². The third kappa shape index (κ3) is 1.68. The minimum absolute atomic E-state index is 0.328. The Morgan fingerprint density at radius 2 is 1.35 bits per heavy atom. The number of halogens is 5. The van der Waals surface area contributed by atoms with E-state index in [1.165, 1.54) is 12.1 Å². The molecule has 0 atom stereocenters. The van der Waals surface area contributed by atoms with Crippen molar-refractivity contribution >= 4 is 0 Å². The lowest BCUT2D eigenvalue weighted by molar-refractivity contribution is 0.375. The lowest BCUT2D eigenvalue weighted by Gasteiger charge is -2.09. The number of rotatable bonds is 1. The van der Waals surface area contributed by atoms with Crippen LogP contribution in [0.1, 0.15) is 11.4 Å². The van der Waals surface area contributed by atoms with E-state index in [0.29, 0.717) is 10.9 Å². The summed E-state index contributed by atoms with van der Waals surface area (Å²) in [6.07, 6.45) is 0.620. The highest BCUT2D eigenvalue weighted by molar-refractivity contribution is 5.46. The molecule has 0 fully saturated rings. The maximum atomic E-state index is 13.6. The second-order valence-corrected chi connectivity index (χ2v) is 3.45. The van der Waals surface area contributed by atoms with Gasteiger partial charge in [-0.1, -0.05) is 0 Å². The number of aromatic nitrogens is 2. The minimum atomic E-state index is -2.32. The van der Waals surface area contributed by atoms with Crippen LogP contribution < -0.4 is 0 Å². The second-order valence-electron chi connectivity index (χ2n) is 3.45. The van der Waals surface area contributed by atoms with Gasteiger partial charge in [0.1, 0.15) is 24.2 Å². The third-order valence-electron chi connectivity index (χ3n) is 2.41. The van der Waals surface area contributed by atoms with Crippen molar-refractivity contribution < 1.29 is 22.0 Å². The van der Waals surface area contributed by atoms with E-state index in [2.05, 4.69) is 4.98 Å². The highest BCUT2D eigenvalue weighted by Crippen LogP contribution is 2.27. The van der Waals surface area contributed by atoms with Crippen LogP contribution in [0.3, 0.4) is 0 Å². The van der Waals surface area contributed by atoms with Gasteiger partial charge in [0.15, 0.2) is 34.7 Å². The van der Waals surface area contributed by atoms with Crippen LogP contribution in [0.5, 0.6) is 0 Å². The first-order valence-electron chi connectivity index (χ1n) is 4.83. The molecule has 100 valence electrons. The summed E-state index contributed by atoms with van der Waals surface area (Å²) >= 11 is 0. The van der Waals surface area contributed by atoms with Crippen LogP contribution in [-0.4, -0.2) is 9.55 Å². The van der Waals surface area contributed by atoms with Gasteiger partial charge in [0.25, 0.3) is 0 Å². The summed E-state index contributed by atoms with van der Waals surface area (Å²) in [4.78, 5) is 3.35. The van der Waals surface area contributed by atoms with Crippen molar-refractivity contribution in [2.45, 2.75) is 0 Å². The summed E-state index contributed by atoms with van der Waals surface area (Å²) in [5.74, 6) is -10.9. The number of benzene rings is 1. The third-order valence-corrected chi connectivity index (χ3v) is 2.41. The summed E-state index contributed by atoms with van der Waals surface area (Å²) in [5.41, 5.74) is -2.51. The molecular formula is C11HF5N4. The topological polar surface area (TPSA) is 65.4 Å². The Bertz CT molecular complexity index is 768. The molecule has 0 saturated carbocycles. The molecule has 0 amide bonds. The smallest absolute Gasteiger partial charge is 0.200 e. The fraction of sp³-hybridized carbons (Fsp3) is 0. The number of imidazole rings is 1. The van der Waals surface area contributed by atoms with Gasteiger partial charge in [0, 0.05) is 0 Å². The molecule has 0 aliphatic heterocycles. The summed E-state index contributed by atoms with van der Waals surface area (Å²) in [6, 6.07) is 2.86.